The molecule has 0 saturated carbocycles. The van der Waals surface area contributed by atoms with Gasteiger partial charge in [0.1, 0.15) is 5.75 Å². The molecular formula is C18H17N5O2. The summed E-state index contributed by atoms with van der Waals surface area (Å²) < 4.78 is 5.55. The van der Waals surface area contributed by atoms with Crippen LogP contribution in [0.2, 0.25) is 0 Å². The molecule has 1 aromatic heterocycles. The second kappa shape index (κ2) is 6.35. The highest BCUT2D eigenvalue weighted by Gasteiger charge is 2.14. The number of ether oxygens (including phenoxy) is 1. The predicted molar refractivity (Wildman–Crippen MR) is 92.2 cm³/mol. The van der Waals surface area contributed by atoms with E-state index in [1.807, 2.05) is 42.5 Å². The van der Waals surface area contributed by atoms with Crippen LogP contribution in [0.25, 0.3) is 11.4 Å². The van der Waals surface area contributed by atoms with Crippen LogP contribution in [0, 0.1) is 0 Å². The van der Waals surface area contributed by atoms with E-state index < -0.39 is 0 Å². The molecule has 1 aliphatic heterocycles. The van der Waals surface area contributed by atoms with Crippen LogP contribution in [0.3, 0.4) is 0 Å². The third kappa shape index (κ3) is 3.35. The zero-order chi connectivity index (χ0) is 17.2. The second-order valence-electron chi connectivity index (χ2n) is 5.95. The van der Waals surface area contributed by atoms with E-state index in [1.165, 1.54) is 10.4 Å². The summed E-state index contributed by atoms with van der Waals surface area (Å²) in [6.07, 6.45) is 1.23. The van der Waals surface area contributed by atoms with E-state index >= 15 is 0 Å². The van der Waals surface area contributed by atoms with Gasteiger partial charge in [0.15, 0.2) is 0 Å². The average molecular weight is 335 g/mol. The van der Waals surface area contributed by atoms with Crippen molar-refractivity contribution in [2.75, 3.05) is 11.9 Å². The molecule has 3 aromatic rings. The standard InChI is InChI=1S/C18H17N5O2/c1-23-21-18(20-22-23)14-3-2-4-15(11-14)19-17(24)10-12-5-6-13-7-8-25-16(13)9-12/h2-6,9,11H,7-8,10H2,1H3,(H,19,24). The van der Waals surface area contributed by atoms with Gasteiger partial charge in [-0.2, -0.15) is 4.80 Å². The number of rotatable bonds is 4. The minimum absolute atomic E-state index is 0.0813. The summed E-state index contributed by atoms with van der Waals surface area (Å²) >= 11 is 0. The zero-order valence-electron chi connectivity index (χ0n) is 13.8. The molecule has 1 aliphatic rings. The number of aryl methyl sites for hydroxylation is 1. The maximum atomic E-state index is 12.3. The average Bonchev–Trinajstić information content (AvgIpc) is 3.23. The van der Waals surface area contributed by atoms with Gasteiger partial charge in [-0.05, 0) is 34.5 Å². The van der Waals surface area contributed by atoms with Crippen LogP contribution in [0.1, 0.15) is 11.1 Å². The first-order chi connectivity index (χ1) is 12.2. The maximum absolute atomic E-state index is 12.3. The van der Waals surface area contributed by atoms with Crippen molar-refractivity contribution in [2.24, 2.45) is 7.05 Å². The molecule has 2 aromatic carbocycles. The Bertz CT molecular complexity index is 935. The molecule has 0 bridgehead atoms. The third-order valence-corrected chi connectivity index (χ3v) is 4.04. The Kier molecular flexibility index (Phi) is 3.89. The Morgan fingerprint density at radius 1 is 1.28 bits per heavy atom. The number of aromatic nitrogens is 4. The summed E-state index contributed by atoms with van der Waals surface area (Å²) in [4.78, 5) is 13.7. The number of nitrogens with one attached hydrogen (secondary N) is 1. The van der Waals surface area contributed by atoms with Crippen molar-refractivity contribution in [1.82, 2.24) is 20.2 Å². The van der Waals surface area contributed by atoms with E-state index in [1.54, 1.807) is 7.05 Å². The highest BCUT2D eigenvalue weighted by atomic mass is 16.5. The van der Waals surface area contributed by atoms with Gasteiger partial charge in [-0.3, -0.25) is 4.79 Å². The van der Waals surface area contributed by atoms with Gasteiger partial charge in [0.25, 0.3) is 0 Å². The highest BCUT2D eigenvalue weighted by Crippen LogP contribution is 2.26. The Hall–Kier alpha value is -3.22. The molecule has 0 atom stereocenters. The van der Waals surface area contributed by atoms with Crippen molar-refractivity contribution >= 4 is 11.6 Å². The molecule has 7 nitrogen and oxygen atoms in total. The molecule has 4 rings (SSSR count). The van der Waals surface area contributed by atoms with Crippen molar-refractivity contribution in [3.8, 4) is 17.1 Å². The lowest BCUT2D eigenvalue weighted by molar-refractivity contribution is -0.115. The summed E-state index contributed by atoms with van der Waals surface area (Å²) in [5.41, 5.74) is 3.64. The predicted octanol–water partition coefficient (Wildman–Crippen LogP) is 1.99. The number of tetrazole rings is 1. The Labute approximate surface area is 144 Å². The van der Waals surface area contributed by atoms with Crippen LogP contribution in [0.15, 0.2) is 42.5 Å². The van der Waals surface area contributed by atoms with Crippen molar-refractivity contribution in [3.63, 3.8) is 0 Å². The summed E-state index contributed by atoms with van der Waals surface area (Å²) in [7, 11) is 1.71. The fourth-order valence-electron chi connectivity index (χ4n) is 2.85. The molecule has 0 fully saturated rings. The molecule has 0 radical (unpaired) electrons. The molecule has 0 saturated heterocycles. The number of fused-ring (bicyclic) bond motifs is 1. The number of hydrogen-bond donors (Lipinski definition) is 1. The molecule has 1 amide bonds. The van der Waals surface area contributed by atoms with E-state index in [2.05, 4.69) is 20.7 Å². The highest BCUT2D eigenvalue weighted by molar-refractivity contribution is 5.92. The van der Waals surface area contributed by atoms with E-state index in [4.69, 9.17) is 4.74 Å². The fourth-order valence-corrected chi connectivity index (χ4v) is 2.85. The van der Waals surface area contributed by atoms with Crippen LogP contribution in [0.4, 0.5) is 5.69 Å². The molecule has 0 aliphatic carbocycles. The summed E-state index contributed by atoms with van der Waals surface area (Å²) in [6, 6.07) is 13.4. The smallest absolute Gasteiger partial charge is 0.228 e. The summed E-state index contributed by atoms with van der Waals surface area (Å²) in [6.45, 7) is 0.716. The Morgan fingerprint density at radius 3 is 3.04 bits per heavy atom. The number of nitrogens with zero attached hydrogens (tertiary/aromatic N) is 4. The molecule has 2 heterocycles. The van der Waals surface area contributed by atoms with Gasteiger partial charge in [0.2, 0.25) is 11.7 Å². The van der Waals surface area contributed by atoms with E-state index in [9.17, 15) is 4.79 Å². The molecular weight excluding hydrogens is 318 g/mol. The minimum atomic E-state index is -0.0813. The van der Waals surface area contributed by atoms with Crippen molar-refractivity contribution < 1.29 is 9.53 Å². The monoisotopic (exact) mass is 335 g/mol. The lowest BCUT2D eigenvalue weighted by atomic mass is 10.1. The topological polar surface area (TPSA) is 81.9 Å². The van der Waals surface area contributed by atoms with E-state index in [0.29, 0.717) is 24.5 Å². The first-order valence-corrected chi connectivity index (χ1v) is 8.06. The van der Waals surface area contributed by atoms with E-state index in [0.717, 1.165) is 23.3 Å². The zero-order valence-corrected chi connectivity index (χ0v) is 13.8. The van der Waals surface area contributed by atoms with Crippen LogP contribution < -0.4 is 10.1 Å². The lowest BCUT2D eigenvalue weighted by Gasteiger charge is -2.07. The van der Waals surface area contributed by atoms with Crippen molar-refractivity contribution in [2.45, 2.75) is 12.8 Å². The molecule has 1 N–H and O–H groups in total. The fraction of sp³-hybridized carbons (Fsp3) is 0.222. The van der Waals surface area contributed by atoms with Gasteiger partial charge in [-0.1, -0.05) is 24.3 Å². The largest absolute Gasteiger partial charge is 0.493 e. The number of carbonyl (C=O) groups excluding carboxylic acids is 1. The van der Waals surface area contributed by atoms with Crippen LogP contribution in [0.5, 0.6) is 5.75 Å². The van der Waals surface area contributed by atoms with Gasteiger partial charge < -0.3 is 10.1 Å². The first-order valence-electron chi connectivity index (χ1n) is 8.06. The molecule has 126 valence electrons. The SMILES string of the molecule is Cn1nnc(-c2cccc(NC(=O)Cc3ccc4c(c3)OCC4)c2)n1. The second-order valence-corrected chi connectivity index (χ2v) is 5.95. The number of benzene rings is 2. The van der Waals surface area contributed by atoms with Gasteiger partial charge in [0, 0.05) is 17.7 Å². The van der Waals surface area contributed by atoms with Crippen molar-refractivity contribution in [1.29, 1.82) is 0 Å². The molecule has 7 heteroatoms. The van der Waals surface area contributed by atoms with Crippen LogP contribution >= 0.6 is 0 Å². The first kappa shape index (κ1) is 15.3. The summed E-state index contributed by atoms with van der Waals surface area (Å²) in [5, 5.41) is 14.9. The Morgan fingerprint density at radius 2 is 2.20 bits per heavy atom. The number of amides is 1. The van der Waals surface area contributed by atoms with Gasteiger partial charge in [-0.15, -0.1) is 10.2 Å². The van der Waals surface area contributed by atoms with Crippen LogP contribution in [-0.4, -0.2) is 32.7 Å². The Balaban J connectivity index is 1.46. The van der Waals surface area contributed by atoms with Gasteiger partial charge in [0.05, 0.1) is 20.1 Å². The third-order valence-electron chi connectivity index (χ3n) is 4.04. The van der Waals surface area contributed by atoms with Gasteiger partial charge >= 0.3 is 0 Å². The minimum Gasteiger partial charge on any atom is -0.493 e. The van der Waals surface area contributed by atoms with Crippen molar-refractivity contribution in [3.05, 3.63) is 53.6 Å². The maximum Gasteiger partial charge on any atom is 0.228 e. The summed E-state index contributed by atoms with van der Waals surface area (Å²) in [5.74, 6) is 1.33. The number of hydrogen-bond acceptors (Lipinski definition) is 5. The number of anilines is 1. The van der Waals surface area contributed by atoms with Gasteiger partial charge in [-0.25, -0.2) is 0 Å². The molecule has 0 spiro atoms. The lowest BCUT2D eigenvalue weighted by Crippen LogP contribution is -2.14. The van der Waals surface area contributed by atoms with E-state index in [-0.39, 0.29) is 5.91 Å². The normalized spacial score (nSPS) is 12.5. The van der Waals surface area contributed by atoms with Crippen LogP contribution in [-0.2, 0) is 24.7 Å². The quantitative estimate of drug-likeness (QED) is 0.788. The molecule has 25 heavy (non-hydrogen) atoms. The molecule has 0 unspecified atom stereocenters. The number of carbonyl (C=O) groups is 1.